The van der Waals surface area contributed by atoms with E-state index in [9.17, 15) is 14.4 Å². The number of rotatable bonds is 12. The number of carbonyl (C=O) groups excluding carboxylic acids is 2. The molecule has 7 nitrogen and oxygen atoms in total. The minimum absolute atomic E-state index is 0.0482. The average molecular weight is 479 g/mol. The smallest absolute Gasteiger partial charge is 0.242 e. The molecule has 0 N–H and O–H groups in total. The lowest BCUT2D eigenvalue weighted by atomic mass is 10.1. The van der Waals surface area contributed by atoms with Crippen molar-refractivity contribution in [3.8, 4) is 0 Å². The summed E-state index contributed by atoms with van der Waals surface area (Å²) in [5, 5.41) is 0.494. The molecule has 186 valence electrons. The van der Waals surface area contributed by atoms with Crippen LogP contribution in [0.25, 0.3) is 11.0 Å². The maximum Gasteiger partial charge on any atom is 0.242 e. The van der Waals surface area contributed by atoms with E-state index in [0.717, 1.165) is 11.1 Å². The van der Waals surface area contributed by atoms with E-state index in [1.165, 1.54) is 6.26 Å². The van der Waals surface area contributed by atoms with Crippen molar-refractivity contribution in [1.29, 1.82) is 0 Å². The van der Waals surface area contributed by atoms with E-state index in [4.69, 9.17) is 9.15 Å². The van der Waals surface area contributed by atoms with E-state index >= 15 is 0 Å². The molecule has 35 heavy (non-hydrogen) atoms. The van der Waals surface area contributed by atoms with Crippen LogP contribution in [-0.4, -0.2) is 48.4 Å². The zero-order chi connectivity index (χ0) is 25.2. The fraction of sp³-hybridized carbons (Fsp3) is 0.393. The number of nitrogens with zero attached hydrogens (tertiary/aromatic N) is 2. The van der Waals surface area contributed by atoms with Gasteiger partial charge in [0.25, 0.3) is 0 Å². The minimum atomic E-state index is -0.223. The molecule has 7 heteroatoms. The lowest BCUT2D eigenvalue weighted by Gasteiger charge is -2.28. The van der Waals surface area contributed by atoms with Gasteiger partial charge in [0.05, 0.1) is 30.3 Å². The second kappa shape index (κ2) is 12.9. The highest BCUT2D eigenvalue weighted by molar-refractivity contribution is 5.85. The van der Waals surface area contributed by atoms with Crippen molar-refractivity contribution in [1.82, 2.24) is 9.80 Å². The van der Waals surface area contributed by atoms with E-state index in [1.54, 1.807) is 29.0 Å². The monoisotopic (exact) mass is 478 g/mol. The van der Waals surface area contributed by atoms with Crippen LogP contribution in [0.3, 0.4) is 0 Å². The Hall–Kier alpha value is -3.45. The predicted molar refractivity (Wildman–Crippen MR) is 136 cm³/mol. The van der Waals surface area contributed by atoms with Crippen LogP contribution < -0.4 is 5.43 Å². The van der Waals surface area contributed by atoms with Crippen LogP contribution in [-0.2, 0) is 27.4 Å². The van der Waals surface area contributed by atoms with Gasteiger partial charge < -0.3 is 19.0 Å². The number of amides is 2. The Morgan fingerprint density at radius 2 is 1.77 bits per heavy atom. The topological polar surface area (TPSA) is 80.1 Å². The minimum Gasteiger partial charge on any atom is -0.464 e. The summed E-state index contributed by atoms with van der Waals surface area (Å²) < 4.78 is 10.8. The van der Waals surface area contributed by atoms with Gasteiger partial charge in [0.2, 0.25) is 11.8 Å². The average Bonchev–Trinajstić information content (AvgIpc) is 2.85. The number of hydrogen-bond acceptors (Lipinski definition) is 5. The molecule has 0 atom stereocenters. The van der Waals surface area contributed by atoms with Gasteiger partial charge in [-0.2, -0.15) is 0 Å². The molecule has 2 amide bonds. The first-order chi connectivity index (χ1) is 16.9. The largest absolute Gasteiger partial charge is 0.464 e. The summed E-state index contributed by atoms with van der Waals surface area (Å²) in [6.07, 6.45) is 3.17. The van der Waals surface area contributed by atoms with Gasteiger partial charge in [0, 0.05) is 33.2 Å². The van der Waals surface area contributed by atoms with Crippen LogP contribution in [0, 0.1) is 6.92 Å². The van der Waals surface area contributed by atoms with Gasteiger partial charge in [-0.15, -0.1) is 0 Å². The molecule has 0 unspecified atom stereocenters. The molecule has 0 radical (unpaired) electrons. The number of carbonyl (C=O) groups is 2. The molecular weight excluding hydrogens is 444 g/mol. The second-order valence-electron chi connectivity index (χ2n) is 8.74. The zero-order valence-corrected chi connectivity index (χ0v) is 20.8. The standard InChI is InChI=1S/C28H34N2O5/c1-4-9-26(31)29(14-8-15-34-3)19-27(32)30(17-22-10-6-5-7-11-22)18-23-20-35-25-13-12-21(2)16-24(25)28(23)33/h5-7,10-13,16,20H,4,8-9,14-15,17-19H2,1-3H3. The van der Waals surface area contributed by atoms with E-state index in [0.29, 0.717) is 55.5 Å². The maximum absolute atomic E-state index is 13.5. The number of fused-ring (bicyclic) bond motifs is 1. The summed E-state index contributed by atoms with van der Waals surface area (Å²) in [6.45, 7) is 5.17. The SMILES string of the molecule is CCCC(=O)N(CCCOC)CC(=O)N(Cc1ccccc1)Cc1coc2ccc(C)cc2c1=O. The Morgan fingerprint density at radius 1 is 1.00 bits per heavy atom. The van der Waals surface area contributed by atoms with E-state index < -0.39 is 0 Å². The summed E-state index contributed by atoms with van der Waals surface area (Å²) in [7, 11) is 1.61. The molecule has 1 heterocycles. The summed E-state index contributed by atoms with van der Waals surface area (Å²) in [6, 6.07) is 15.1. The molecule has 0 bridgehead atoms. The molecule has 0 spiro atoms. The highest BCUT2D eigenvalue weighted by atomic mass is 16.5. The predicted octanol–water partition coefficient (Wildman–Crippen LogP) is 4.30. The number of hydrogen-bond donors (Lipinski definition) is 0. The van der Waals surface area contributed by atoms with Crippen LogP contribution in [0.4, 0.5) is 0 Å². The first-order valence-electron chi connectivity index (χ1n) is 12.0. The normalized spacial score (nSPS) is 10.9. The first kappa shape index (κ1) is 26.2. The van der Waals surface area contributed by atoms with Gasteiger partial charge in [-0.05, 0) is 37.5 Å². The molecule has 3 aromatic rings. The summed E-state index contributed by atoms with van der Waals surface area (Å²) in [5.41, 5.74) is 2.66. The summed E-state index contributed by atoms with van der Waals surface area (Å²) >= 11 is 0. The number of benzene rings is 2. The number of aryl methyl sites for hydroxylation is 1. The van der Waals surface area contributed by atoms with Gasteiger partial charge in [-0.1, -0.05) is 48.9 Å². The first-order valence-corrected chi connectivity index (χ1v) is 12.0. The highest BCUT2D eigenvalue weighted by Gasteiger charge is 2.22. The van der Waals surface area contributed by atoms with Crippen molar-refractivity contribution in [2.45, 2.75) is 46.2 Å². The van der Waals surface area contributed by atoms with Crippen molar-refractivity contribution >= 4 is 22.8 Å². The van der Waals surface area contributed by atoms with Crippen molar-refractivity contribution in [2.75, 3.05) is 26.8 Å². The lowest BCUT2D eigenvalue weighted by molar-refractivity contribution is -0.141. The lowest BCUT2D eigenvalue weighted by Crippen LogP contribution is -2.43. The second-order valence-corrected chi connectivity index (χ2v) is 8.74. The van der Waals surface area contributed by atoms with Crippen molar-refractivity contribution < 1.29 is 18.7 Å². The van der Waals surface area contributed by atoms with Crippen LogP contribution in [0.5, 0.6) is 0 Å². The summed E-state index contributed by atoms with van der Waals surface area (Å²) in [4.78, 5) is 42.6. The van der Waals surface area contributed by atoms with Crippen LogP contribution >= 0.6 is 0 Å². The summed E-state index contributed by atoms with van der Waals surface area (Å²) in [5.74, 6) is -0.281. The van der Waals surface area contributed by atoms with Crippen molar-refractivity contribution in [2.24, 2.45) is 0 Å². The number of ether oxygens (including phenoxy) is 1. The molecule has 0 aliphatic rings. The molecule has 0 saturated carbocycles. The Kier molecular flexibility index (Phi) is 9.61. The van der Waals surface area contributed by atoms with E-state index in [1.807, 2.05) is 50.2 Å². The fourth-order valence-electron chi connectivity index (χ4n) is 3.96. The van der Waals surface area contributed by atoms with Gasteiger partial charge >= 0.3 is 0 Å². The Bertz CT molecular complexity index is 1190. The number of methoxy groups -OCH3 is 1. The van der Waals surface area contributed by atoms with E-state index in [2.05, 4.69) is 0 Å². The highest BCUT2D eigenvalue weighted by Crippen LogP contribution is 2.16. The van der Waals surface area contributed by atoms with Gasteiger partial charge in [-0.3, -0.25) is 14.4 Å². The molecule has 0 saturated heterocycles. The zero-order valence-electron chi connectivity index (χ0n) is 20.8. The van der Waals surface area contributed by atoms with Crippen LogP contribution in [0.15, 0.2) is 64.0 Å². The third kappa shape index (κ3) is 7.26. The Labute approximate surface area is 206 Å². The van der Waals surface area contributed by atoms with Gasteiger partial charge in [0.1, 0.15) is 5.58 Å². The quantitative estimate of drug-likeness (QED) is 0.363. The molecule has 2 aromatic carbocycles. The third-order valence-electron chi connectivity index (χ3n) is 5.85. The van der Waals surface area contributed by atoms with Crippen molar-refractivity contribution in [3.63, 3.8) is 0 Å². The Balaban J connectivity index is 1.88. The molecular formula is C28H34N2O5. The van der Waals surface area contributed by atoms with Crippen LogP contribution in [0.2, 0.25) is 0 Å². The Morgan fingerprint density at radius 3 is 2.49 bits per heavy atom. The van der Waals surface area contributed by atoms with Crippen molar-refractivity contribution in [3.05, 3.63) is 81.7 Å². The maximum atomic E-state index is 13.5. The van der Waals surface area contributed by atoms with E-state index in [-0.39, 0.29) is 30.3 Å². The molecule has 1 aromatic heterocycles. The van der Waals surface area contributed by atoms with Gasteiger partial charge in [-0.25, -0.2) is 0 Å². The fourth-order valence-corrected chi connectivity index (χ4v) is 3.96. The molecule has 0 aliphatic carbocycles. The molecule has 0 fully saturated rings. The van der Waals surface area contributed by atoms with Gasteiger partial charge in [0.15, 0.2) is 5.43 Å². The molecule has 3 rings (SSSR count). The third-order valence-corrected chi connectivity index (χ3v) is 5.85. The molecule has 0 aliphatic heterocycles. The van der Waals surface area contributed by atoms with Crippen LogP contribution in [0.1, 0.15) is 42.9 Å².